The summed E-state index contributed by atoms with van der Waals surface area (Å²) in [6, 6.07) is 10.0. The Bertz CT molecular complexity index is 662. The summed E-state index contributed by atoms with van der Waals surface area (Å²) in [6.45, 7) is 2.96. The number of ether oxygens (including phenoxy) is 1. The van der Waals surface area contributed by atoms with Crippen LogP contribution >= 0.6 is 15.6 Å². The summed E-state index contributed by atoms with van der Waals surface area (Å²) in [4.78, 5) is 26.1. The minimum Gasteiger partial charge on any atom is -0.377 e. The van der Waals surface area contributed by atoms with E-state index in [2.05, 4.69) is 8.83 Å². The minimum atomic E-state index is -5.07. The lowest BCUT2D eigenvalue weighted by Gasteiger charge is -2.11. The van der Waals surface area contributed by atoms with Crippen molar-refractivity contribution in [1.29, 1.82) is 0 Å². The molecule has 9 nitrogen and oxygen atoms in total. The Balaban J connectivity index is 0.00000729. The van der Waals surface area contributed by atoms with E-state index in [0.717, 1.165) is 44.3 Å². The molecule has 1 rings (SSSR count). The molecular weight excluding hydrogens is 408 g/mol. The molecule has 0 aliphatic carbocycles. The molecule has 0 fully saturated rings. The standard InChI is InChI=1S/C17H28O8P2.H3N/c1-16(12-14-24-27(21,22)25-26(18,19)20)9-5-2-3-8-13-23-15-17-10-6-4-7-11-17;/h4,6-7,10-12H,2-3,5,8-9,13-15H2,1H3,(H,21,22)(H2,18,19,20);1H3/b16-12+;. The van der Waals surface area contributed by atoms with Crippen molar-refractivity contribution in [1.82, 2.24) is 6.15 Å². The van der Waals surface area contributed by atoms with Crippen LogP contribution in [-0.4, -0.2) is 27.9 Å². The monoisotopic (exact) mass is 439 g/mol. The number of phosphoric acid groups is 2. The van der Waals surface area contributed by atoms with E-state index in [4.69, 9.17) is 19.4 Å². The van der Waals surface area contributed by atoms with Gasteiger partial charge in [0.1, 0.15) is 0 Å². The summed E-state index contributed by atoms with van der Waals surface area (Å²) >= 11 is 0. The number of phosphoric ester groups is 1. The summed E-state index contributed by atoms with van der Waals surface area (Å²) in [5.41, 5.74) is 2.13. The smallest absolute Gasteiger partial charge is 0.377 e. The van der Waals surface area contributed by atoms with Gasteiger partial charge in [-0.2, -0.15) is 4.31 Å². The molecule has 0 saturated heterocycles. The predicted octanol–water partition coefficient (Wildman–Crippen LogP) is 4.49. The first-order chi connectivity index (χ1) is 12.7. The Labute approximate surface area is 166 Å². The number of rotatable bonds is 14. The van der Waals surface area contributed by atoms with Crippen molar-refractivity contribution >= 4 is 15.6 Å². The average molecular weight is 439 g/mol. The highest BCUT2D eigenvalue weighted by molar-refractivity contribution is 7.60. The number of hydrogen-bond donors (Lipinski definition) is 4. The Hall–Kier alpha value is -0.860. The first-order valence-corrected chi connectivity index (χ1v) is 11.7. The Morgan fingerprint density at radius 1 is 1.04 bits per heavy atom. The highest BCUT2D eigenvalue weighted by atomic mass is 31.3. The summed E-state index contributed by atoms with van der Waals surface area (Å²) < 4.78 is 35.6. The van der Waals surface area contributed by atoms with Crippen LogP contribution in [0, 0.1) is 0 Å². The van der Waals surface area contributed by atoms with Crippen LogP contribution in [0.5, 0.6) is 0 Å². The van der Waals surface area contributed by atoms with E-state index in [-0.39, 0.29) is 12.8 Å². The van der Waals surface area contributed by atoms with Gasteiger partial charge >= 0.3 is 15.6 Å². The lowest BCUT2D eigenvalue weighted by molar-refractivity contribution is 0.116. The molecule has 0 bridgehead atoms. The Morgan fingerprint density at radius 2 is 1.68 bits per heavy atom. The van der Waals surface area contributed by atoms with Crippen molar-refractivity contribution in [3.63, 3.8) is 0 Å². The Kier molecular flexibility index (Phi) is 13.7. The molecule has 11 heteroatoms. The van der Waals surface area contributed by atoms with Crippen LogP contribution in [0.1, 0.15) is 44.6 Å². The largest absolute Gasteiger partial charge is 0.481 e. The molecule has 1 aromatic rings. The third-order valence-corrected chi connectivity index (χ3v) is 5.75. The highest BCUT2D eigenvalue weighted by Crippen LogP contribution is 2.57. The molecule has 1 atom stereocenters. The second kappa shape index (κ2) is 14.2. The molecule has 0 radical (unpaired) electrons. The van der Waals surface area contributed by atoms with Gasteiger partial charge in [0.05, 0.1) is 13.2 Å². The van der Waals surface area contributed by atoms with Gasteiger partial charge in [0.2, 0.25) is 0 Å². The van der Waals surface area contributed by atoms with Gasteiger partial charge in [-0.25, -0.2) is 9.13 Å². The number of unbranched alkanes of at least 4 members (excludes halogenated alkanes) is 3. The molecule has 0 aliphatic heterocycles. The quantitative estimate of drug-likeness (QED) is 0.186. The number of hydrogen-bond acceptors (Lipinski definition) is 6. The normalized spacial score (nSPS) is 14.4. The van der Waals surface area contributed by atoms with Crippen molar-refractivity contribution < 1.29 is 37.4 Å². The van der Waals surface area contributed by atoms with Crippen LogP contribution in [0.15, 0.2) is 42.0 Å². The Morgan fingerprint density at radius 3 is 2.32 bits per heavy atom. The van der Waals surface area contributed by atoms with Crippen LogP contribution in [-0.2, 0) is 29.3 Å². The topological polar surface area (TPSA) is 158 Å². The van der Waals surface area contributed by atoms with Gasteiger partial charge in [-0.15, -0.1) is 0 Å². The predicted molar refractivity (Wildman–Crippen MR) is 107 cm³/mol. The fourth-order valence-electron chi connectivity index (χ4n) is 2.26. The molecule has 0 saturated carbocycles. The SMILES string of the molecule is C/C(=C\COP(=O)(O)OP(=O)(O)O)CCCCCCOCc1ccccc1.N. The van der Waals surface area contributed by atoms with Crippen molar-refractivity contribution in [3.8, 4) is 0 Å². The fourth-order valence-corrected chi connectivity index (χ4v) is 3.79. The molecule has 6 N–H and O–H groups in total. The minimum absolute atomic E-state index is 0. The second-order valence-electron chi connectivity index (χ2n) is 6.09. The summed E-state index contributed by atoms with van der Waals surface area (Å²) in [5.74, 6) is 0. The average Bonchev–Trinajstić information content (AvgIpc) is 2.55. The maximum absolute atomic E-state index is 11.3. The fraction of sp³-hybridized carbons (Fsp3) is 0.529. The van der Waals surface area contributed by atoms with Gasteiger partial charge in [-0.05, 0) is 31.7 Å². The maximum Gasteiger partial charge on any atom is 0.481 e. The van der Waals surface area contributed by atoms with E-state index in [1.165, 1.54) is 5.56 Å². The number of allylic oxidation sites excluding steroid dienone is 1. The first-order valence-electron chi connectivity index (χ1n) is 8.69. The van der Waals surface area contributed by atoms with Gasteiger partial charge in [-0.3, -0.25) is 4.52 Å². The lowest BCUT2D eigenvalue weighted by atomic mass is 10.1. The van der Waals surface area contributed by atoms with E-state index < -0.39 is 15.6 Å². The van der Waals surface area contributed by atoms with Gasteiger partial charge in [0.25, 0.3) is 0 Å². The van der Waals surface area contributed by atoms with E-state index >= 15 is 0 Å². The van der Waals surface area contributed by atoms with Crippen molar-refractivity contribution in [2.24, 2.45) is 0 Å². The maximum atomic E-state index is 11.3. The van der Waals surface area contributed by atoms with E-state index in [9.17, 15) is 9.13 Å². The second-order valence-corrected chi connectivity index (χ2v) is 8.92. The molecular formula is C17H31NO8P2. The molecule has 0 amide bonds. The zero-order chi connectivity index (χ0) is 20.2. The van der Waals surface area contributed by atoms with Gasteiger partial charge in [-0.1, -0.05) is 54.8 Å². The molecule has 1 aromatic carbocycles. The van der Waals surface area contributed by atoms with Crippen molar-refractivity contribution in [3.05, 3.63) is 47.5 Å². The number of benzene rings is 1. The summed E-state index contributed by atoms with van der Waals surface area (Å²) in [6.07, 6.45) is 6.46. The third kappa shape index (κ3) is 15.1. The van der Waals surface area contributed by atoms with E-state index in [1.54, 1.807) is 6.08 Å². The summed E-state index contributed by atoms with van der Waals surface area (Å²) in [5, 5.41) is 0. The zero-order valence-electron chi connectivity index (χ0n) is 16.1. The molecule has 1 unspecified atom stereocenters. The summed E-state index contributed by atoms with van der Waals surface area (Å²) in [7, 11) is -9.83. The first kappa shape index (κ1) is 27.1. The molecule has 28 heavy (non-hydrogen) atoms. The highest BCUT2D eigenvalue weighted by Gasteiger charge is 2.31. The van der Waals surface area contributed by atoms with Crippen LogP contribution in [0.25, 0.3) is 0 Å². The van der Waals surface area contributed by atoms with Crippen molar-refractivity contribution in [2.75, 3.05) is 13.2 Å². The zero-order valence-corrected chi connectivity index (χ0v) is 17.9. The molecule has 162 valence electrons. The van der Waals surface area contributed by atoms with Crippen LogP contribution in [0.2, 0.25) is 0 Å². The lowest BCUT2D eigenvalue weighted by Crippen LogP contribution is -1.96. The van der Waals surface area contributed by atoms with E-state index in [1.807, 2.05) is 37.3 Å². The van der Waals surface area contributed by atoms with Crippen LogP contribution in [0.3, 0.4) is 0 Å². The van der Waals surface area contributed by atoms with E-state index in [0.29, 0.717) is 6.61 Å². The molecule has 0 aliphatic rings. The molecule has 0 spiro atoms. The molecule has 0 heterocycles. The van der Waals surface area contributed by atoms with Gasteiger partial charge < -0.3 is 25.6 Å². The van der Waals surface area contributed by atoms with Crippen molar-refractivity contribution in [2.45, 2.75) is 45.6 Å². The molecule has 0 aromatic heterocycles. The van der Waals surface area contributed by atoms with Crippen LogP contribution < -0.4 is 6.15 Å². The van der Waals surface area contributed by atoms with Crippen LogP contribution in [0.4, 0.5) is 0 Å². The third-order valence-electron chi connectivity index (χ3n) is 3.60. The van der Waals surface area contributed by atoms with Gasteiger partial charge in [0, 0.05) is 6.61 Å². The van der Waals surface area contributed by atoms with Gasteiger partial charge in [0.15, 0.2) is 0 Å².